The normalized spacial score (nSPS) is 10.7. The predicted octanol–water partition coefficient (Wildman–Crippen LogP) is 2.67. The maximum absolute atomic E-state index is 11.4. The SMILES string of the molecule is COc1ccc(OC)c(C=CC(=O)OC(C)C)c1. The standard InChI is InChI=1S/C14H18O4/c1-10(2)18-14(15)8-5-11-9-12(16-3)6-7-13(11)17-4/h5-10H,1-4H3. The summed E-state index contributed by atoms with van der Waals surface area (Å²) in [5.74, 6) is 0.993. The first-order chi connectivity index (χ1) is 8.56. The maximum Gasteiger partial charge on any atom is 0.331 e. The Bertz CT molecular complexity index is 435. The van der Waals surface area contributed by atoms with E-state index in [1.165, 1.54) is 6.08 Å². The van der Waals surface area contributed by atoms with E-state index in [9.17, 15) is 4.79 Å². The molecule has 0 atom stereocenters. The summed E-state index contributed by atoms with van der Waals surface area (Å²) in [5, 5.41) is 0. The summed E-state index contributed by atoms with van der Waals surface area (Å²) < 4.78 is 15.3. The van der Waals surface area contributed by atoms with E-state index in [1.54, 1.807) is 52.3 Å². The summed E-state index contributed by atoms with van der Waals surface area (Å²) in [6.45, 7) is 3.61. The van der Waals surface area contributed by atoms with E-state index in [1.807, 2.05) is 0 Å². The number of carbonyl (C=O) groups is 1. The second kappa shape index (κ2) is 6.69. The molecule has 0 bridgehead atoms. The van der Waals surface area contributed by atoms with Crippen LogP contribution in [0.3, 0.4) is 0 Å². The van der Waals surface area contributed by atoms with Crippen LogP contribution in [-0.4, -0.2) is 26.3 Å². The van der Waals surface area contributed by atoms with Crippen molar-refractivity contribution >= 4 is 12.0 Å². The second-order valence-electron chi connectivity index (χ2n) is 3.93. The van der Waals surface area contributed by atoms with Crippen LogP contribution in [0.15, 0.2) is 24.3 Å². The third-order valence-corrected chi connectivity index (χ3v) is 2.19. The van der Waals surface area contributed by atoms with Crippen molar-refractivity contribution in [2.75, 3.05) is 14.2 Å². The highest BCUT2D eigenvalue weighted by atomic mass is 16.5. The van der Waals surface area contributed by atoms with Crippen molar-refractivity contribution < 1.29 is 19.0 Å². The van der Waals surface area contributed by atoms with E-state index in [0.717, 1.165) is 5.56 Å². The summed E-state index contributed by atoms with van der Waals surface area (Å²) in [6.07, 6.45) is 2.89. The van der Waals surface area contributed by atoms with Crippen molar-refractivity contribution in [2.45, 2.75) is 20.0 Å². The van der Waals surface area contributed by atoms with Gasteiger partial charge in [0.2, 0.25) is 0 Å². The van der Waals surface area contributed by atoms with Crippen LogP contribution >= 0.6 is 0 Å². The molecule has 0 unspecified atom stereocenters. The molecule has 4 heteroatoms. The quantitative estimate of drug-likeness (QED) is 0.595. The number of ether oxygens (including phenoxy) is 3. The highest BCUT2D eigenvalue weighted by Gasteiger charge is 2.04. The first-order valence-electron chi connectivity index (χ1n) is 5.67. The average Bonchev–Trinajstić information content (AvgIpc) is 2.35. The van der Waals surface area contributed by atoms with Gasteiger partial charge in [-0.3, -0.25) is 0 Å². The highest BCUT2D eigenvalue weighted by molar-refractivity contribution is 5.87. The Hall–Kier alpha value is -1.97. The summed E-state index contributed by atoms with van der Waals surface area (Å²) in [7, 11) is 3.16. The fourth-order valence-electron chi connectivity index (χ4n) is 1.40. The second-order valence-corrected chi connectivity index (χ2v) is 3.93. The molecule has 0 N–H and O–H groups in total. The van der Waals surface area contributed by atoms with Crippen LogP contribution in [0, 0.1) is 0 Å². The topological polar surface area (TPSA) is 44.8 Å². The molecule has 0 saturated carbocycles. The number of benzene rings is 1. The molecule has 0 heterocycles. The van der Waals surface area contributed by atoms with E-state index in [0.29, 0.717) is 11.5 Å². The fraction of sp³-hybridized carbons (Fsp3) is 0.357. The minimum absolute atomic E-state index is 0.130. The Kier molecular flexibility index (Phi) is 5.24. The zero-order chi connectivity index (χ0) is 13.5. The van der Waals surface area contributed by atoms with Gasteiger partial charge in [-0.15, -0.1) is 0 Å². The predicted molar refractivity (Wildman–Crippen MR) is 69.8 cm³/mol. The van der Waals surface area contributed by atoms with Gasteiger partial charge in [0.05, 0.1) is 20.3 Å². The third kappa shape index (κ3) is 4.13. The summed E-state index contributed by atoms with van der Waals surface area (Å²) in [5.41, 5.74) is 0.762. The molecule has 4 nitrogen and oxygen atoms in total. The maximum atomic E-state index is 11.4. The van der Waals surface area contributed by atoms with Crippen molar-refractivity contribution in [3.63, 3.8) is 0 Å². The van der Waals surface area contributed by atoms with Gasteiger partial charge in [-0.1, -0.05) is 0 Å². The van der Waals surface area contributed by atoms with E-state index in [2.05, 4.69) is 0 Å². The summed E-state index contributed by atoms with van der Waals surface area (Å²) in [6, 6.07) is 5.37. The van der Waals surface area contributed by atoms with Gasteiger partial charge in [0.1, 0.15) is 11.5 Å². The lowest BCUT2D eigenvalue weighted by Crippen LogP contribution is -2.08. The Labute approximate surface area is 107 Å². The number of rotatable bonds is 5. The van der Waals surface area contributed by atoms with Crippen LogP contribution < -0.4 is 9.47 Å². The lowest BCUT2D eigenvalue weighted by molar-refractivity contribution is -0.141. The molecule has 0 fully saturated rings. The average molecular weight is 250 g/mol. The molecule has 0 amide bonds. The van der Waals surface area contributed by atoms with Crippen LogP contribution in [0.4, 0.5) is 0 Å². The first kappa shape index (κ1) is 14.1. The van der Waals surface area contributed by atoms with Crippen LogP contribution in [0.1, 0.15) is 19.4 Å². The highest BCUT2D eigenvalue weighted by Crippen LogP contribution is 2.25. The Morgan fingerprint density at radius 3 is 2.50 bits per heavy atom. The molecular weight excluding hydrogens is 232 g/mol. The van der Waals surface area contributed by atoms with Gasteiger partial charge >= 0.3 is 5.97 Å². The lowest BCUT2D eigenvalue weighted by atomic mass is 10.1. The monoisotopic (exact) mass is 250 g/mol. The first-order valence-corrected chi connectivity index (χ1v) is 5.67. The molecule has 0 radical (unpaired) electrons. The largest absolute Gasteiger partial charge is 0.497 e. The number of methoxy groups -OCH3 is 2. The smallest absolute Gasteiger partial charge is 0.331 e. The molecule has 1 aromatic rings. The van der Waals surface area contributed by atoms with Crippen molar-refractivity contribution in [2.24, 2.45) is 0 Å². The number of carbonyl (C=O) groups excluding carboxylic acids is 1. The van der Waals surface area contributed by atoms with Crippen LogP contribution in [0.5, 0.6) is 11.5 Å². The minimum Gasteiger partial charge on any atom is -0.497 e. The molecular formula is C14H18O4. The van der Waals surface area contributed by atoms with Crippen LogP contribution in [0.2, 0.25) is 0 Å². The molecule has 18 heavy (non-hydrogen) atoms. The van der Waals surface area contributed by atoms with Gasteiger partial charge in [0.15, 0.2) is 0 Å². The van der Waals surface area contributed by atoms with E-state index in [-0.39, 0.29) is 12.1 Å². The number of esters is 1. The van der Waals surface area contributed by atoms with E-state index in [4.69, 9.17) is 14.2 Å². The minimum atomic E-state index is -0.380. The lowest BCUT2D eigenvalue weighted by Gasteiger charge is -2.07. The Morgan fingerprint density at radius 1 is 1.22 bits per heavy atom. The molecule has 0 spiro atoms. The fourth-order valence-corrected chi connectivity index (χ4v) is 1.40. The molecule has 98 valence electrons. The van der Waals surface area contributed by atoms with Crippen molar-refractivity contribution in [1.29, 1.82) is 0 Å². The summed E-state index contributed by atoms with van der Waals surface area (Å²) in [4.78, 5) is 11.4. The van der Waals surface area contributed by atoms with Crippen LogP contribution in [0.25, 0.3) is 6.08 Å². The summed E-state index contributed by atoms with van der Waals surface area (Å²) >= 11 is 0. The van der Waals surface area contributed by atoms with Crippen molar-refractivity contribution in [3.05, 3.63) is 29.8 Å². The zero-order valence-corrected chi connectivity index (χ0v) is 11.1. The molecule has 0 aromatic heterocycles. The molecule has 1 aromatic carbocycles. The van der Waals surface area contributed by atoms with Gasteiger partial charge < -0.3 is 14.2 Å². The van der Waals surface area contributed by atoms with Gasteiger partial charge in [-0.25, -0.2) is 4.79 Å². The van der Waals surface area contributed by atoms with E-state index >= 15 is 0 Å². The molecule has 0 aliphatic rings. The molecule has 0 aliphatic carbocycles. The van der Waals surface area contributed by atoms with Gasteiger partial charge in [0, 0.05) is 11.6 Å². The van der Waals surface area contributed by atoms with Crippen molar-refractivity contribution in [3.8, 4) is 11.5 Å². The Morgan fingerprint density at radius 2 is 1.94 bits per heavy atom. The van der Waals surface area contributed by atoms with Crippen molar-refractivity contribution in [1.82, 2.24) is 0 Å². The third-order valence-electron chi connectivity index (χ3n) is 2.19. The number of hydrogen-bond donors (Lipinski definition) is 0. The number of hydrogen-bond acceptors (Lipinski definition) is 4. The van der Waals surface area contributed by atoms with E-state index < -0.39 is 0 Å². The molecule has 0 saturated heterocycles. The van der Waals surface area contributed by atoms with Crippen LogP contribution in [-0.2, 0) is 9.53 Å². The Balaban J connectivity index is 2.87. The van der Waals surface area contributed by atoms with Gasteiger partial charge in [-0.05, 0) is 38.1 Å². The van der Waals surface area contributed by atoms with Gasteiger partial charge in [-0.2, -0.15) is 0 Å². The zero-order valence-electron chi connectivity index (χ0n) is 11.1. The van der Waals surface area contributed by atoms with Gasteiger partial charge in [0.25, 0.3) is 0 Å². The molecule has 1 rings (SSSR count). The molecule has 0 aliphatic heterocycles.